The number of benzene rings is 1. The van der Waals surface area contributed by atoms with Gasteiger partial charge in [0.1, 0.15) is 12.2 Å². The summed E-state index contributed by atoms with van der Waals surface area (Å²) in [7, 11) is 0. The zero-order chi connectivity index (χ0) is 20.1. The van der Waals surface area contributed by atoms with Gasteiger partial charge in [0.25, 0.3) is 5.89 Å². The van der Waals surface area contributed by atoms with Crippen LogP contribution in [0.1, 0.15) is 45.0 Å². The van der Waals surface area contributed by atoms with Gasteiger partial charge in [-0.25, -0.2) is 4.79 Å². The molecule has 2 heterocycles. The second-order valence-electron chi connectivity index (χ2n) is 7.68. The molecule has 0 radical (unpaired) electrons. The van der Waals surface area contributed by atoms with Gasteiger partial charge in [-0.05, 0) is 57.9 Å². The van der Waals surface area contributed by atoms with Crippen molar-refractivity contribution in [1.29, 1.82) is 5.26 Å². The van der Waals surface area contributed by atoms with Gasteiger partial charge in [0.15, 0.2) is 5.82 Å². The zero-order valence-electron chi connectivity index (χ0n) is 16.3. The Morgan fingerprint density at radius 1 is 1.29 bits per heavy atom. The van der Waals surface area contributed by atoms with E-state index >= 15 is 0 Å². The van der Waals surface area contributed by atoms with E-state index in [-0.39, 0.29) is 18.8 Å². The van der Waals surface area contributed by atoms with Crippen LogP contribution in [0.5, 0.6) is 0 Å². The highest BCUT2D eigenvalue weighted by atomic mass is 16.6. The number of nitrogens with zero attached hydrogens (tertiary/aromatic N) is 4. The molecule has 1 aromatic heterocycles. The van der Waals surface area contributed by atoms with Crippen molar-refractivity contribution in [2.75, 3.05) is 13.1 Å². The Morgan fingerprint density at radius 3 is 2.57 bits per heavy atom. The molecule has 1 fully saturated rings. The van der Waals surface area contributed by atoms with Crippen molar-refractivity contribution in [2.24, 2.45) is 0 Å². The van der Waals surface area contributed by atoms with E-state index in [0.717, 1.165) is 18.4 Å². The lowest BCUT2D eigenvalue weighted by atomic mass is 10.1. The number of aromatic nitrogens is 2. The van der Waals surface area contributed by atoms with Gasteiger partial charge in [-0.1, -0.05) is 5.16 Å². The summed E-state index contributed by atoms with van der Waals surface area (Å²) in [5.74, 6) is 0.858. The predicted molar refractivity (Wildman–Crippen MR) is 100 cm³/mol. The Labute approximate surface area is 164 Å². The Morgan fingerprint density at radius 2 is 1.96 bits per heavy atom. The first-order valence-electron chi connectivity index (χ1n) is 9.27. The molecular weight excluding hydrogens is 360 g/mol. The fourth-order valence-corrected chi connectivity index (χ4v) is 2.84. The molecule has 0 unspecified atom stereocenters. The van der Waals surface area contributed by atoms with Gasteiger partial charge in [-0.2, -0.15) is 10.2 Å². The van der Waals surface area contributed by atoms with Gasteiger partial charge >= 0.3 is 6.09 Å². The third-order valence-electron chi connectivity index (χ3n) is 4.27. The Bertz CT molecular complexity index is 840. The Hall–Kier alpha value is -2.92. The van der Waals surface area contributed by atoms with Gasteiger partial charge in [-0.15, -0.1) is 0 Å². The molecule has 3 rings (SSSR count). The molecule has 28 heavy (non-hydrogen) atoms. The number of piperidine rings is 1. The molecule has 0 bridgehead atoms. The largest absolute Gasteiger partial charge is 0.444 e. The monoisotopic (exact) mass is 384 g/mol. The van der Waals surface area contributed by atoms with Gasteiger partial charge in [0.05, 0.1) is 17.7 Å². The average Bonchev–Trinajstić information content (AvgIpc) is 3.14. The summed E-state index contributed by atoms with van der Waals surface area (Å²) in [5, 5.41) is 12.8. The molecule has 0 aliphatic carbocycles. The third-order valence-corrected chi connectivity index (χ3v) is 4.27. The van der Waals surface area contributed by atoms with Crippen LogP contribution in [-0.4, -0.2) is 45.9 Å². The SMILES string of the molecule is CC(C)(C)OC(=O)N1CCC(OCc2noc(-c3ccc(C#N)cc3)n2)CC1. The van der Waals surface area contributed by atoms with Crippen LogP contribution in [0.2, 0.25) is 0 Å². The highest BCUT2D eigenvalue weighted by Gasteiger charge is 2.27. The van der Waals surface area contributed by atoms with E-state index in [0.29, 0.717) is 30.4 Å². The van der Waals surface area contributed by atoms with Crippen LogP contribution in [0.25, 0.3) is 11.5 Å². The topological polar surface area (TPSA) is 101 Å². The second-order valence-corrected chi connectivity index (χ2v) is 7.68. The molecular formula is C20H24N4O4. The van der Waals surface area contributed by atoms with Crippen LogP contribution >= 0.6 is 0 Å². The number of ether oxygens (including phenoxy) is 2. The van der Waals surface area contributed by atoms with Crippen LogP contribution in [0, 0.1) is 11.3 Å². The van der Waals surface area contributed by atoms with Crippen LogP contribution in [0.4, 0.5) is 4.79 Å². The number of nitriles is 1. The maximum atomic E-state index is 12.1. The smallest absolute Gasteiger partial charge is 0.410 e. The van der Waals surface area contributed by atoms with Crippen molar-refractivity contribution in [3.8, 4) is 17.5 Å². The van der Waals surface area contributed by atoms with E-state index in [1.54, 1.807) is 29.2 Å². The third kappa shape index (κ3) is 5.30. The molecule has 1 aromatic carbocycles. The molecule has 1 saturated heterocycles. The van der Waals surface area contributed by atoms with Crippen molar-refractivity contribution < 1.29 is 18.8 Å². The van der Waals surface area contributed by atoms with Gasteiger partial charge in [0, 0.05) is 18.7 Å². The highest BCUT2D eigenvalue weighted by Crippen LogP contribution is 2.20. The fourth-order valence-electron chi connectivity index (χ4n) is 2.84. The van der Waals surface area contributed by atoms with E-state index in [9.17, 15) is 4.79 Å². The predicted octanol–water partition coefficient (Wildman–Crippen LogP) is 3.52. The van der Waals surface area contributed by atoms with Crippen molar-refractivity contribution in [1.82, 2.24) is 15.0 Å². The van der Waals surface area contributed by atoms with Crippen LogP contribution in [0.15, 0.2) is 28.8 Å². The summed E-state index contributed by atoms with van der Waals surface area (Å²) in [6, 6.07) is 9.01. The number of hydrogen-bond donors (Lipinski definition) is 0. The van der Waals surface area contributed by atoms with Crippen LogP contribution in [-0.2, 0) is 16.1 Å². The quantitative estimate of drug-likeness (QED) is 0.794. The first kappa shape index (κ1) is 19.8. The molecule has 0 spiro atoms. The number of rotatable bonds is 4. The number of hydrogen-bond acceptors (Lipinski definition) is 7. The molecule has 0 atom stereocenters. The fraction of sp³-hybridized carbons (Fsp3) is 0.500. The molecule has 1 aliphatic rings. The molecule has 8 heteroatoms. The van der Waals surface area contributed by atoms with Crippen molar-refractivity contribution in [3.05, 3.63) is 35.7 Å². The Balaban J connectivity index is 1.46. The summed E-state index contributed by atoms with van der Waals surface area (Å²) in [6.07, 6.45) is 1.23. The minimum atomic E-state index is -0.490. The van der Waals surface area contributed by atoms with E-state index in [1.807, 2.05) is 20.8 Å². The normalized spacial score (nSPS) is 15.3. The lowest BCUT2D eigenvalue weighted by molar-refractivity contribution is -0.0190. The van der Waals surface area contributed by atoms with Crippen LogP contribution < -0.4 is 0 Å². The molecule has 1 amide bonds. The summed E-state index contributed by atoms with van der Waals surface area (Å²) in [5.41, 5.74) is 0.836. The molecule has 148 valence electrons. The maximum Gasteiger partial charge on any atom is 0.410 e. The number of carbonyl (C=O) groups is 1. The summed E-state index contributed by atoms with van der Waals surface area (Å²) >= 11 is 0. The summed E-state index contributed by atoms with van der Waals surface area (Å²) in [6.45, 7) is 7.02. The zero-order valence-corrected chi connectivity index (χ0v) is 16.3. The Kier molecular flexibility index (Phi) is 5.95. The van der Waals surface area contributed by atoms with E-state index in [1.165, 1.54) is 0 Å². The lowest BCUT2D eigenvalue weighted by Crippen LogP contribution is -2.43. The number of likely N-dealkylation sites (tertiary alicyclic amines) is 1. The van der Waals surface area contributed by atoms with E-state index in [4.69, 9.17) is 19.3 Å². The van der Waals surface area contributed by atoms with Crippen LogP contribution in [0.3, 0.4) is 0 Å². The molecule has 1 aliphatic heterocycles. The molecule has 8 nitrogen and oxygen atoms in total. The maximum absolute atomic E-state index is 12.1. The van der Waals surface area contributed by atoms with Gasteiger partial charge in [-0.3, -0.25) is 0 Å². The summed E-state index contributed by atoms with van der Waals surface area (Å²) in [4.78, 5) is 18.1. The van der Waals surface area contributed by atoms with Crippen molar-refractivity contribution >= 4 is 6.09 Å². The molecule has 2 aromatic rings. The average molecular weight is 384 g/mol. The van der Waals surface area contributed by atoms with E-state index < -0.39 is 5.60 Å². The first-order valence-corrected chi connectivity index (χ1v) is 9.27. The number of carbonyl (C=O) groups excluding carboxylic acids is 1. The summed E-state index contributed by atoms with van der Waals surface area (Å²) < 4.78 is 16.5. The molecule has 0 N–H and O–H groups in total. The standard InChI is InChI=1S/C20H24N4O4/c1-20(2,3)27-19(25)24-10-8-16(9-11-24)26-13-17-22-18(28-23-17)15-6-4-14(12-21)5-7-15/h4-7,16H,8-11,13H2,1-3H3. The minimum Gasteiger partial charge on any atom is -0.444 e. The highest BCUT2D eigenvalue weighted by molar-refractivity contribution is 5.68. The molecule has 0 saturated carbocycles. The van der Waals surface area contributed by atoms with Crippen molar-refractivity contribution in [2.45, 2.75) is 51.9 Å². The van der Waals surface area contributed by atoms with Gasteiger partial charge in [0.2, 0.25) is 0 Å². The number of amides is 1. The lowest BCUT2D eigenvalue weighted by Gasteiger charge is -2.33. The van der Waals surface area contributed by atoms with Gasteiger partial charge < -0.3 is 18.9 Å². The minimum absolute atomic E-state index is 0.0375. The second kappa shape index (κ2) is 8.40. The van der Waals surface area contributed by atoms with E-state index in [2.05, 4.69) is 16.2 Å². The van der Waals surface area contributed by atoms with Crippen molar-refractivity contribution in [3.63, 3.8) is 0 Å². The first-order chi connectivity index (χ1) is 13.3.